The molecule has 0 aromatic rings. The van der Waals surface area contributed by atoms with Gasteiger partial charge in [-0.3, -0.25) is 9.59 Å². The molecule has 1 fully saturated rings. The van der Waals surface area contributed by atoms with Gasteiger partial charge in [0.1, 0.15) is 18.3 Å². The third kappa shape index (κ3) is 8.57. The van der Waals surface area contributed by atoms with Crippen LogP contribution in [-0.4, -0.2) is 68.9 Å². The average Bonchev–Trinajstić information content (AvgIpc) is 3.62. The highest BCUT2D eigenvalue weighted by Crippen LogP contribution is 2.36. The van der Waals surface area contributed by atoms with E-state index in [0.717, 1.165) is 6.08 Å². The number of halogens is 1. The Morgan fingerprint density at radius 2 is 1.97 bits per heavy atom. The molecule has 0 aliphatic carbocycles. The maximum absolute atomic E-state index is 15.2. The first kappa shape index (κ1) is 31.3. The molecule has 7 nitrogen and oxygen atoms in total. The van der Waals surface area contributed by atoms with Gasteiger partial charge in [-0.05, 0) is 57.6 Å². The minimum atomic E-state index is -2.27. The molecule has 8 heteroatoms. The van der Waals surface area contributed by atoms with Crippen molar-refractivity contribution in [3.05, 3.63) is 36.0 Å². The minimum absolute atomic E-state index is 0.0393. The molecule has 0 saturated carbocycles. The van der Waals surface area contributed by atoms with Crippen LogP contribution in [0, 0.1) is 17.8 Å². The molecule has 0 bridgehead atoms. The number of aliphatic hydroxyl groups excluding tert-OH is 2. The van der Waals surface area contributed by atoms with Gasteiger partial charge in [-0.1, -0.05) is 52.0 Å². The van der Waals surface area contributed by atoms with Crippen LogP contribution in [0.4, 0.5) is 4.39 Å². The highest BCUT2D eigenvalue weighted by molar-refractivity contribution is 5.95. The van der Waals surface area contributed by atoms with Crippen molar-refractivity contribution in [2.75, 3.05) is 0 Å². The summed E-state index contributed by atoms with van der Waals surface area (Å²) < 4.78 is 26.4. The summed E-state index contributed by atoms with van der Waals surface area (Å²) in [6.45, 7) is 11.8. The fraction of sp³-hybridized carbons (Fsp3) is 0.724. The van der Waals surface area contributed by atoms with Crippen molar-refractivity contribution in [2.45, 2.75) is 116 Å². The first-order valence-electron chi connectivity index (χ1n) is 13.3. The molecule has 210 valence electrons. The second-order valence-corrected chi connectivity index (χ2v) is 11.4. The standard InChI is InChI=1S/C29H45FO7/c1-8-21(31)20(5)25-26(37-25)27(34)28(6,30)14-9-10-18(3)24-19(4)11-12-22(32)29(7,35)15-13-17(2)16-23(33)36-24/h9-12,14,17,19-22,24-26,31-32,35H,8,13,15-16H2,1-7H3. The van der Waals surface area contributed by atoms with Crippen molar-refractivity contribution >= 4 is 11.8 Å². The van der Waals surface area contributed by atoms with Crippen LogP contribution in [0.5, 0.6) is 0 Å². The fourth-order valence-electron chi connectivity index (χ4n) is 4.63. The van der Waals surface area contributed by atoms with Crippen molar-refractivity contribution < 1.29 is 38.8 Å². The lowest BCUT2D eigenvalue weighted by Gasteiger charge is -2.30. The first-order chi connectivity index (χ1) is 17.1. The van der Waals surface area contributed by atoms with Gasteiger partial charge in [0.05, 0.1) is 17.8 Å². The number of epoxide rings is 1. The predicted octanol–water partition coefficient (Wildman–Crippen LogP) is 4.00. The van der Waals surface area contributed by atoms with E-state index in [-0.39, 0.29) is 30.1 Å². The Bertz CT molecular complexity index is 891. The van der Waals surface area contributed by atoms with Gasteiger partial charge in [0.15, 0.2) is 5.67 Å². The second-order valence-electron chi connectivity index (χ2n) is 11.4. The number of ether oxygens (including phenoxy) is 2. The lowest BCUT2D eigenvalue weighted by Crippen LogP contribution is -2.39. The SMILES string of the molecule is CCC(O)C(C)C1OC1C(=O)C(C)(F)C=CC=C(C)C1OC(=O)CC(C)CCC(C)(O)C(O)C=CC1C. The van der Waals surface area contributed by atoms with Crippen LogP contribution in [0.3, 0.4) is 0 Å². The number of hydrogen-bond acceptors (Lipinski definition) is 7. The van der Waals surface area contributed by atoms with E-state index in [1.54, 1.807) is 32.9 Å². The predicted molar refractivity (Wildman–Crippen MR) is 139 cm³/mol. The van der Waals surface area contributed by atoms with Gasteiger partial charge in [0.2, 0.25) is 5.78 Å². The van der Waals surface area contributed by atoms with E-state index in [1.165, 1.54) is 19.1 Å². The number of esters is 1. The number of carbonyl (C=O) groups is 2. The molecule has 2 rings (SSSR count). The summed E-state index contributed by atoms with van der Waals surface area (Å²) in [6, 6.07) is 0. The Morgan fingerprint density at radius 3 is 2.59 bits per heavy atom. The molecular formula is C29H45FO7. The Morgan fingerprint density at radius 1 is 1.32 bits per heavy atom. The minimum Gasteiger partial charge on any atom is -0.457 e. The van der Waals surface area contributed by atoms with E-state index in [9.17, 15) is 24.9 Å². The second kappa shape index (κ2) is 12.8. The third-order valence-corrected chi connectivity index (χ3v) is 7.65. The zero-order valence-corrected chi connectivity index (χ0v) is 23.2. The molecule has 0 amide bonds. The summed E-state index contributed by atoms with van der Waals surface area (Å²) in [6.07, 6.45) is 5.24. The van der Waals surface area contributed by atoms with Crippen LogP contribution in [-0.2, 0) is 19.1 Å². The van der Waals surface area contributed by atoms with Gasteiger partial charge < -0.3 is 24.8 Å². The molecule has 2 heterocycles. The Hall–Kier alpha value is -1.87. The summed E-state index contributed by atoms with van der Waals surface area (Å²) in [7, 11) is 0. The topological polar surface area (TPSA) is 117 Å². The van der Waals surface area contributed by atoms with Crippen molar-refractivity contribution in [3.63, 3.8) is 0 Å². The highest BCUT2D eigenvalue weighted by Gasteiger charge is 2.54. The van der Waals surface area contributed by atoms with Gasteiger partial charge >= 0.3 is 5.97 Å². The van der Waals surface area contributed by atoms with Crippen LogP contribution < -0.4 is 0 Å². The third-order valence-electron chi connectivity index (χ3n) is 7.65. The summed E-state index contributed by atoms with van der Waals surface area (Å²) in [4.78, 5) is 25.3. The molecule has 37 heavy (non-hydrogen) atoms. The summed E-state index contributed by atoms with van der Waals surface area (Å²) in [5.41, 5.74) is -2.95. The van der Waals surface area contributed by atoms with E-state index in [4.69, 9.17) is 9.47 Å². The van der Waals surface area contributed by atoms with E-state index in [0.29, 0.717) is 24.8 Å². The molecule has 2 aliphatic heterocycles. The number of rotatable bonds is 8. The summed E-state index contributed by atoms with van der Waals surface area (Å²) in [5, 5.41) is 31.1. The van der Waals surface area contributed by atoms with Crippen molar-refractivity contribution in [2.24, 2.45) is 17.8 Å². The molecule has 0 spiro atoms. The molecule has 10 atom stereocenters. The van der Waals surface area contributed by atoms with Crippen LogP contribution >= 0.6 is 0 Å². The average molecular weight is 525 g/mol. The van der Waals surface area contributed by atoms with E-state index >= 15 is 4.39 Å². The first-order valence-corrected chi connectivity index (χ1v) is 13.3. The van der Waals surface area contributed by atoms with Gasteiger partial charge in [-0.25, -0.2) is 4.39 Å². The molecule has 3 N–H and O–H groups in total. The van der Waals surface area contributed by atoms with Crippen molar-refractivity contribution in [1.82, 2.24) is 0 Å². The molecule has 0 aromatic carbocycles. The number of aliphatic hydroxyl groups is 3. The van der Waals surface area contributed by atoms with Gasteiger partial charge in [0, 0.05) is 18.3 Å². The molecule has 0 radical (unpaired) electrons. The molecule has 1 saturated heterocycles. The monoisotopic (exact) mass is 524 g/mol. The fourth-order valence-corrected chi connectivity index (χ4v) is 4.63. The molecular weight excluding hydrogens is 479 g/mol. The van der Waals surface area contributed by atoms with Crippen LogP contribution in [0.1, 0.15) is 74.1 Å². The summed E-state index contributed by atoms with van der Waals surface area (Å²) in [5.74, 6) is -1.71. The molecule has 0 aromatic heterocycles. The van der Waals surface area contributed by atoms with E-state index in [1.807, 2.05) is 20.8 Å². The maximum Gasteiger partial charge on any atom is 0.306 e. The van der Waals surface area contributed by atoms with Crippen molar-refractivity contribution in [1.29, 1.82) is 0 Å². The quantitative estimate of drug-likeness (QED) is 0.190. The number of hydrogen-bond donors (Lipinski definition) is 3. The Kier molecular flexibility index (Phi) is 10.8. The van der Waals surface area contributed by atoms with Gasteiger partial charge in [-0.2, -0.15) is 0 Å². The molecule has 10 unspecified atom stereocenters. The largest absolute Gasteiger partial charge is 0.457 e. The van der Waals surface area contributed by atoms with Gasteiger partial charge in [0.25, 0.3) is 0 Å². The number of ketones is 1. The van der Waals surface area contributed by atoms with Crippen LogP contribution in [0.25, 0.3) is 0 Å². The lowest BCUT2D eigenvalue weighted by molar-refractivity contribution is -0.150. The normalized spacial score (nSPS) is 37.2. The Labute approximate surface area is 220 Å². The number of alkyl halides is 1. The summed E-state index contributed by atoms with van der Waals surface area (Å²) >= 11 is 0. The highest BCUT2D eigenvalue weighted by atomic mass is 19.1. The molecule has 2 aliphatic rings. The maximum atomic E-state index is 15.2. The van der Waals surface area contributed by atoms with Crippen LogP contribution in [0.2, 0.25) is 0 Å². The number of carbonyl (C=O) groups excluding carboxylic acids is 2. The zero-order chi connectivity index (χ0) is 28.1. The number of allylic oxidation sites excluding steroid dienone is 3. The lowest BCUT2D eigenvalue weighted by atomic mass is 9.87. The van der Waals surface area contributed by atoms with E-state index < -0.39 is 47.6 Å². The zero-order valence-electron chi connectivity index (χ0n) is 23.2. The number of Topliss-reactive ketones (excluding diaryl/α,β-unsaturated/α-hetero) is 1. The van der Waals surface area contributed by atoms with Gasteiger partial charge in [-0.15, -0.1) is 0 Å². The number of cyclic esters (lactones) is 1. The van der Waals surface area contributed by atoms with E-state index in [2.05, 4.69) is 0 Å². The van der Waals surface area contributed by atoms with Crippen LogP contribution in [0.15, 0.2) is 36.0 Å². The Balaban J connectivity index is 2.16. The van der Waals surface area contributed by atoms with Crippen molar-refractivity contribution in [3.8, 4) is 0 Å². The smallest absolute Gasteiger partial charge is 0.306 e.